The number of hydrogen-bond donors (Lipinski definition) is 0. The number of anilines is 3. The standard InChI is InChI=1S/C44H34N2O/c1-44(2,3)46-38-19-9-7-16-34(38)35-26-25-32(28-40(35)46)45(39-20-12-22-42-43(39)36-17-8-10-21-41(36)47-42)31-24-23-30-15-11-18-33(37(30)27-31)29-13-5-4-6-14-29/h4-28H,1-3H3. The van der Waals surface area contributed by atoms with Crippen molar-refractivity contribution in [2.24, 2.45) is 0 Å². The summed E-state index contributed by atoms with van der Waals surface area (Å²) in [4.78, 5) is 2.41. The van der Waals surface area contributed by atoms with Crippen molar-refractivity contribution in [3.63, 3.8) is 0 Å². The maximum absolute atomic E-state index is 6.41. The average Bonchev–Trinajstić information content (AvgIpc) is 3.65. The van der Waals surface area contributed by atoms with Crippen LogP contribution in [0.25, 0.3) is 65.6 Å². The van der Waals surface area contributed by atoms with E-state index in [1.54, 1.807) is 0 Å². The fourth-order valence-electron chi connectivity index (χ4n) is 7.46. The third-order valence-electron chi connectivity index (χ3n) is 9.42. The van der Waals surface area contributed by atoms with E-state index in [0.29, 0.717) is 0 Å². The summed E-state index contributed by atoms with van der Waals surface area (Å²) in [6.07, 6.45) is 0. The lowest BCUT2D eigenvalue weighted by molar-refractivity contribution is 0.423. The van der Waals surface area contributed by atoms with Crippen molar-refractivity contribution in [2.75, 3.05) is 4.90 Å². The molecule has 9 aromatic rings. The van der Waals surface area contributed by atoms with Gasteiger partial charge < -0.3 is 13.9 Å². The first-order chi connectivity index (χ1) is 23.0. The number of rotatable bonds is 4. The average molecular weight is 607 g/mol. The minimum Gasteiger partial charge on any atom is -0.456 e. The largest absolute Gasteiger partial charge is 0.456 e. The summed E-state index contributed by atoms with van der Waals surface area (Å²) in [6, 6.07) is 54.6. The minimum atomic E-state index is -0.112. The van der Waals surface area contributed by atoms with Gasteiger partial charge in [0.15, 0.2) is 0 Å². The summed E-state index contributed by atoms with van der Waals surface area (Å²) in [5, 5.41) is 7.18. The molecule has 2 aromatic heterocycles. The van der Waals surface area contributed by atoms with Gasteiger partial charge in [0.2, 0.25) is 0 Å². The maximum Gasteiger partial charge on any atom is 0.137 e. The molecule has 0 N–H and O–H groups in total. The molecule has 0 amide bonds. The van der Waals surface area contributed by atoms with E-state index in [0.717, 1.165) is 39.0 Å². The van der Waals surface area contributed by atoms with Crippen LogP contribution in [0.2, 0.25) is 0 Å². The van der Waals surface area contributed by atoms with Gasteiger partial charge in [0.25, 0.3) is 0 Å². The highest BCUT2D eigenvalue weighted by Gasteiger charge is 2.24. The number of furan rings is 1. The molecular formula is C44H34N2O. The second-order valence-electron chi connectivity index (χ2n) is 13.4. The van der Waals surface area contributed by atoms with E-state index >= 15 is 0 Å². The van der Waals surface area contributed by atoms with E-state index in [1.165, 1.54) is 43.7 Å². The molecule has 0 radical (unpaired) electrons. The number of benzene rings is 7. The number of hydrogen-bond acceptors (Lipinski definition) is 2. The molecule has 2 heterocycles. The van der Waals surface area contributed by atoms with Crippen molar-refractivity contribution in [3.05, 3.63) is 152 Å². The normalized spacial score (nSPS) is 12.1. The van der Waals surface area contributed by atoms with Crippen molar-refractivity contribution >= 4 is 71.6 Å². The van der Waals surface area contributed by atoms with Crippen LogP contribution in [0.1, 0.15) is 20.8 Å². The Bertz CT molecular complexity index is 2620. The van der Waals surface area contributed by atoms with E-state index in [9.17, 15) is 0 Å². The van der Waals surface area contributed by atoms with E-state index in [2.05, 4.69) is 176 Å². The Morgan fingerprint density at radius 3 is 2.04 bits per heavy atom. The summed E-state index contributed by atoms with van der Waals surface area (Å²) in [6.45, 7) is 6.86. The van der Waals surface area contributed by atoms with Crippen LogP contribution in [-0.2, 0) is 5.54 Å². The molecule has 9 rings (SSSR count). The third-order valence-corrected chi connectivity index (χ3v) is 9.42. The Morgan fingerprint density at radius 1 is 0.511 bits per heavy atom. The molecular weight excluding hydrogens is 572 g/mol. The van der Waals surface area contributed by atoms with Crippen LogP contribution < -0.4 is 4.90 Å². The first-order valence-corrected chi connectivity index (χ1v) is 16.3. The summed E-state index contributed by atoms with van der Waals surface area (Å²) in [5.74, 6) is 0. The molecule has 0 unspecified atom stereocenters. The molecule has 47 heavy (non-hydrogen) atoms. The first kappa shape index (κ1) is 27.5. The Morgan fingerprint density at radius 2 is 1.19 bits per heavy atom. The van der Waals surface area contributed by atoms with Crippen LogP contribution in [0.3, 0.4) is 0 Å². The van der Waals surface area contributed by atoms with Crippen LogP contribution in [0.5, 0.6) is 0 Å². The second kappa shape index (κ2) is 10.4. The van der Waals surface area contributed by atoms with Crippen molar-refractivity contribution in [2.45, 2.75) is 26.3 Å². The van der Waals surface area contributed by atoms with Crippen LogP contribution in [0.15, 0.2) is 156 Å². The van der Waals surface area contributed by atoms with Crippen LogP contribution >= 0.6 is 0 Å². The number of para-hydroxylation sites is 2. The predicted octanol–water partition coefficient (Wildman–Crippen LogP) is 12.7. The molecule has 226 valence electrons. The summed E-state index contributed by atoms with van der Waals surface area (Å²) in [5.41, 5.74) is 9.84. The van der Waals surface area contributed by atoms with Gasteiger partial charge in [-0.2, -0.15) is 0 Å². The Kier molecular flexibility index (Phi) is 6.07. The van der Waals surface area contributed by atoms with Gasteiger partial charge in [0.05, 0.1) is 16.6 Å². The molecule has 0 fully saturated rings. The van der Waals surface area contributed by atoms with Gasteiger partial charge in [-0.05, 0) is 91.2 Å². The Balaban J connectivity index is 1.37. The monoisotopic (exact) mass is 606 g/mol. The molecule has 0 spiro atoms. The SMILES string of the molecule is CC(C)(C)n1c2ccccc2c2ccc(N(c3ccc4cccc(-c5ccccc5)c4c3)c3cccc4oc5ccccc5c34)cc21. The highest BCUT2D eigenvalue weighted by Crippen LogP contribution is 2.46. The molecule has 0 aliphatic heterocycles. The lowest BCUT2D eigenvalue weighted by atomic mass is 9.97. The lowest BCUT2D eigenvalue weighted by Crippen LogP contribution is -2.21. The fraction of sp³-hybridized carbons (Fsp3) is 0.0909. The molecule has 0 saturated heterocycles. The van der Waals surface area contributed by atoms with Gasteiger partial charge in [-0.3, -0.25) is 0 Å². The summed E-state index contributed by atoms with van der Waals surface area (Å²) < 4.78 is 8.89. The second-order valence-corrected chi connectivity index (χ2v) is 13.4. The summed E-state index contributed by atoms with van der Waals surface area (Å²) in [7, 11) is 0. The smallest absolute Gasteiger partial charge is 0.137 e. The number of nitrogens with zero attached hydrogens (tertiary/aromatic N) is 2. The van der Waals surface area contributed by atoms with Gasteiger partial charge in [-0.25, -0.2) is 0 Å². The highest BCUT2D eigenvalue weighted by molar-refractivity contribution is 6.15. The van der Waals surface area contributed by atoms with Gasteiger partial charge in [0.1, 0.15) is 11.2 Å². The van der Waals surface area contributed by atoms with Gasteiger partial charge >= 0.3 is 0 Å². The molecule has 3 heteroatoms. The van der Waals surface area contributed by atoms with Crippen molar-refractivity contribution in [3.8, 4) is 11.1 Å². The van der Waals surface area contributed by atoms with Crippen LogP contribution in [0, 0.1) is 0 Å². The number of aromatic nitrogens is 1. The van der Waals surface area contributed by atoms with Crippen LogP contribution in [0.4, 0.5) is 17.1 Å². The molecule has 0 bridgehead atoms. The van der Waals surface area contributed by atoms with Gasteiger partial charge in [-0.1, -0.05) is 103 Å². The Labute approximate surface area is 273 Å². The first-order valence-electron chi connectivity index (χ1n) is 16.3. The maximum atomic E-state index is 6.41. The zero-order valence-electron chi connectivity index (χ0n) is 26.7. The third kappa shape index (κ3) is 4.34. The topological polar surface area (TPSA) is 21.3 Å². The molecule has 0 saturated carbocycles. The lowest BCUT2D eigenvalue weighted by Gasteiger charge is -2.28. The van der Waals surface area contributed by atoms with Crippen molar-refractivity contribution in [1.82, 2.24) is 4.57 Å². The van der Waals surface area contributed by atoms with Gasteiger partial charge in [-0.15, -0.1) is 0 Å². The van der Waals surface area contributed by atoms with E-state index < -0.39 is 0 Å². The van der Waals surface area contributed by atoms with E-state index in [1.807, 2.05) is 6.07 Å². The predicted molar refractivity (Wildman–Crippen MR) is 199 cm³/mol. The molecule has 0 aliphatic carbocycles. The minimum absolute atomic E-state index is 0.112. The van der Waals surface area contributed by atoms with Gasteiger partial charge in [0, 0.05) is 38.6 Å². The van der Waals surface area contributed by atoms with Crippen LogP contribution in [-0.4, -0.2) is 4.57 Å². The molecule has 0 aliphatic rings. The highest BCUT2D eigenvalue weighted by atomic mass is 16.3. The van der Waals surface area contributed by atoms with E-state index in [4.69, 9.17) is 4.42 Å². The molecule has 3 nitrogen and oxygen atoms in total. The molecule has 0 atom stereocenters. The van der Waals surface area contributed by atoms with E-state index in [-0.39, 0.29) is 5.54 Å². The van der Waals surface area contributed by atoms with Crippen molar-refractivity contribution in [1.29, 1.82) is 0 Å². The zero-order valence-corrected chi connectivity index (χ0v) is 26.7. The summed E-state index contributed by atoms with van der Waals surface area (Å²) >= 11 is 0. The fourth-order valence-corrected chi connectivity index (χ4v) is 7.46. The quantitative estimate of drug-likeness (QED) is 0.199. The molecule has 7 aromatic carbocycles. The Hall–Kier alpha value is -5.80. The number of fused-ring (bicyclic) bond motifs is 7. The van der Waals surface area contributed by atoms with Crippen molar-refractivity contribution < 1.29 is 4.42 Å². The zero-order chi connectivity index (χ0) is 31.7.